The molecule has 0 unspecified atom stereocenters. The molecule has 2 aromatic rings. The number of carbonyl (C=O) groups is 1. The number of para-hydroxylation sites is 1. The number of benzene rings is 1. The third kappa shape index (κ3) is 3.48. The Morgan fingerprint density at radius 3 is 3.05 bits per heavy atom. The Hall–Kier alpha value is -2.08. The van der Waals surface area contributed by atoms with Crippen LogP contribution >= 0.6 is 11.8 Å². The van der Waals surface area contributed by atoms with Crippen molar-refractivity contribution in [2.24, 2.45) is 0 Å². The van der Waals surface area contributed by atoms with Crippen molar-refractivity contribution in [2.45, 2.75) is 12.1 Å². The van der Waals surface area contributed by atoms with Crippen LogP contribution in [-0.4, -0.2) is 33.0 Å². The third-order valence-electron chi connectivity index (χ3n) is 2.67. The van der Waals surface area contributed by atoms with E-state index in [2.05, 4.69) is 22.1 Å². The van der Waals surface area contributed by atoms with E-state index in [0.717, 1.165) is 11.3 Å². The van der Waals surface area contributed by atoms with E-state index in [-0.39, 0.29) is 5.91 Å². The first-order valence-corrected chi connectivity index (χ1v) is 7.17. The fourth-order valence-electron chi connectivity index (χ4n) is 1.69. The smallest absolute Gasteiger partial charge is 0.230 e. The lowest BCUT2D eigenvalue weighted by Crippen LogP contribution is -2.25. The Bertz CT molecular complexity index is 609. The van der Waals surface area contributed by atoms with E-state index >= 15 is 0 Å². The van der Waals surface area contributed by atoms with Crippen LogP contribution in [0.4, 0.5) is 0 Å². The zero-order valence-electron chi connectivity index (χ0n) is 11.2. The van der Waals surface area contributed by atoms with E-state index in [9.17, 15) is 4.79 Å². The molecule has 1 aromatic carbocycles. The summed E-state index contributed by atoms with van der Waals surface area (Å²) in [6, 6.07) is 7.98. The van der Waals surface area contributed by atoms with Gasteiger partial charge in [-0.15, -0.1) is 16.8 Å². The number of carbonyl (C=O) groups excluding carboxylic acids is 1. The maximum Gasteiger partial charge on any atom is 0.230 e. The highest BCUT2D eigenvalue weighted by atomic mass is 32.2. The van der Waals surface area contributed by atoms with Gasteiger partial charge in [0.1, 0.15) is 6.33 Å². The SMILES string of the molecule is C=CCNC(=O)CSc1nncn1-c1ccccc1C. The fraction of sp³-hybridized carbons (Fsp3) is 0.214. The molecular formula is C14H16N4OS. The summed E-state index contributed by atoms with van der Waals surface area (Å²) in [6.07, 6.45) is 3.31. The number of thioether (sulfide) groups is 1. The van der Waals surface area contributed by atoms with Crippen molar-refractivity contribution >= 4 is 17.7 Å². The van der Waals surface area contributed by atoms with Crippen LogP contribution in [-0.2, 0) is 4.79 Å². The van der Waals surface area contributed by atoms with Gasteiger partial charge < -0.3 is 5.32 Å². The molecule has 1 aromatic heterocycles. The number of rotatable bonds is 6. The normalized spacial score (nSPS) is 10.2. The summed E-state index contributed by atoms with van der Waals surface area (Å²) in [5, 5.41) is 11.4. The first-order valence-electron chi connectivity index (χ1n) is 6.19. The van der Waals surface area contributed by atoms with Crippen molar-refractivity contribution in [3.05, 3.63) is 48.8 Å². The number of nitrogens with zero attached hydrogens (tertiary/aromatic N) is 3. The highest BCUT2D eigenvalue weighted by Crippen LogP contribution is 2.21. The summed E-state index contributed by atoms with van der Waals surface area (Å²) in [4.78, 5) is 11.6. The summed E-state index contributed by atoms with van der Waals surface area (Å²) in [5.41, 5.74) is 2.15. The van der Waals surface area contributed by atoms with Gasteiger partial charge in [0.05, 0.1) is 11.4 Å². The second-order valence-corrected chi connectivity index (χ2v) is 5.09. The zero-order chi connectivity index (χ0) is 14.4. The lowest BCUT2D eigenvalue weighted by atomic mass is 10.2. The predicted molar refractivity (Wildman–Crippen MR) is 80.0 cm³/mol. The molecule has 0 saturated carbocycles. The molecule has 0 aliphatic carbocycles. The van der Waals surface area contributed by atoms with Crippen molar-refractivity contribution in [1.82, 2.24) is 20.1 Å². The van der Waals surface area contributed by atoms with Crippen LogP contribution in [0, 0.1) is 6.92 Å². The van der Waals surface area contributed by atoms with Crippen LogP contribution in [0.25, 0.3) is 5.69 Å². The molecule has 0 saturated heterocycles. The van der Waals surface area contributed by atoms with E-state index in [1.165, 1.54) is 11.8 Å². The zero-order valence-corrected chi connectivity index (χ0v) is 12.1. The van der Waals surface area contributed by atoms with Crippen molar-refractivity contribution < 1.29 is 4.79 Å². The number of hydrogen-bond acceptors (Lipinski definition) is 4. The van der Waals surface area contributed by atoms with Crippen LogP contribution in [0.3, 0.4) is 0 Å². The number of aromatic nitrogens is 3. The maximum atomic E-state index is 11.6. The fourth-order valence-corrected chi connectivity index (χ4v) is 2.44. The van der Waals surface area contributed by atoms with E-state index in [1.54, 1.807) is 12.4 Å². The first kappa shape index (κ1) is 14.3. The van der Waals surface area contributed by atoms with Crippen molar-refractivity contribution in [3.8, 4) is 5.69 Å². The standard InChI is InChI=1S/C14H16N4OS/c1-3-8-15-13(19)9-20-14-17-16-10-18(14)12-7-5-4-6-11(12)2/h3-7,10H,1,8-9H2,2H3,(H,15,19). The van der Waals surface area contributed by atoms with Gasteiger partial charge in [-0.25, -0.2) is 0 Å². The maximum absolute atomic E-state index is 11.6. The van der Waals surface area contributed by atoms with E-state index in [1.807, 2.05) is 35.8 Å². The molecule has 2 rings (SSSR count). The Morgan fingerprint density at radius 2 is 2.30 bits per heavy atom. The first-order chi connectivity index (χ1) is 9.72. The van der Waals surface area contributed by atoms with Gasteiger partial charge in [0, 0.05) is 6.54 Å². The second kappa shape index (κ2) is 6.91. The number of aryl methyl sites for hydroxylation is 1. The molecule has 0 radical (unpaired) electrons. The number of hydrogen-bond donors (Lipinski definition) is 1. The average molecular weight is 288 g/mol. The Balaban J connectivity index is 2.08. The van der Waals surface area contributed by atoms with Gasteiger partial charge in [-0.3, -0.25) is 9.36 Å². The third-order valence-corrected chi connectivity index (χ3v) is 3.61. The van der Waals surface area contributed by atoms with Gasteiger partial charge in [0.15, 0.2) is 5.16 Å². The molecule has 20 heavy (non-hydrogen) atoms. The minimum absolute atomic E-state index is 0.0470. The van der Waals surface area contributed by atoms with Gasteiger partial charge in [-0.2, -0.15) is 0 Å². The molecule has 0 spiro atoms. The quantitative estimate of drug-likeness (QED) is 0.652. The molecule has 0 fully saturated rings. The second-order valence-electron chi connectivity index (χ2n) is 4.15. The van der Waals surface area contributed by atoms with Crippen molar-refractivity contribution in [3.63, 3.8) is 0 Å². The molecule has 6 heteroatoms. The molecule has 0 aliphatic rings. The predicted octanol–water partition coefficient (Wildman–Crippen LogP) is 1.97. The van der Waals surface area contributed by atoms with Crippen LogP contribution < -0.4 is 5.32 Å². The molecule has 1 heterocycles. The monoisotopic (exact) mass is 288 g/mol. The summed E-state index contributed by atoms with van der Waals surface area (Å²) < 4.78 is 1.89. The van der Waals surface area contributed by atoms with Crippen LogP contribution in [0.5, 0.6) is 0 Å². The van der Waals surface area contributed by atoms with Crippen LogP contribution in [0.15, 0.2) is 48.4 Å². The summed E-state index contributed by atoms with van der Waals surface area (Å²) in [7, 11) is 0. The van der Waals surface area contributed by atoms with Gasteiger partial charge in [0.25, 0.3) is 0 Å². The summed E-state index contributed by atoms with van der Waals surface area (Å²) >= 11 is 1.36. The molecule has 5 nitrogen and oxygen atoms in total. The molecule has 0 atom stereocenters. The van der Waals surface area contributed by atoms with Crippen LogP contribution in [0.1, 0.15) is 5.56 Å². The van der Waals surface area contributed by atoms with E-state index in [0.29, 0.717) is 17.5 Å². The Kier molecular flexibility index (Phi) is 4.95. The number of nitrogens with one attached hydrogen (secondary N) is 1. The topological polar surface area (TPSA) is 59.8 Å². The minimum Gasteiger partial charge on any atom is -0.352 e. The molecular weight excluding hydrogens is 272 g/mol. The van der Waals surface area contributed by atoms with E-state index in [4.69, 9.17) is 0 Å². The average Bonchev–Trinajstić information content (AvgIpc) is 2.91. The van der Waals surface area contributed by atoms with Gasteiger partial charge in [-0.1, -0.05) is 36.0 Å². The molecule has 0 bridgehead atoms. The van der Waals surface area contributed by atoms with Crippen molar-refractivity contribution in [1.29, 1.82) is 0 Å². The van der Waals surface area contributed by atoms with Gasteiger partial charge >= 0.3 is 0 Å². The van der Waals surface area contributed by atoms with E-state index < -0.39 is 0 Å². The summed E-state index contributed by atoms with van der Waals surface area (Å²) in [6.45, 7) is 6.06. The summed E-state index contributed by atoms with van der Waals surface area (Å²) in [5.74, 6) is 0.257. The lowest BCUT2D eigenvalue weighted by molar-refractivity contribution is -0.118. The minimum atomic E-state index is -0.0470. The molecule has 0 aliphatic heterocycles. The highest BCUT2D eigenvalue weighted by Gasteiger charge is 2.10. The Morgan fingerprint density at radius 1 is 1.50 bits per heavy atom. The Labute approximate surface area is 122 Å². The van der Waals surface area contributed by atoms with Crippen LogP contribution in [0.2, 0.25) is 0 Å². The molecule has 1 amide bonds. The van der Waals surface area contributed by atoms with Gasteiger partial charge in [0.2, 0.25) is 5.91 Å². The highest BCUT2D eigenvalue weighted by molar-refractivity contribution is 7.99. The van der Waals surface area contributed by atoms with Gasteiger partial charge in [-0.05, 0) is 18.6 Å². The lowest BCUT2D eigenvalue weighted by Gasteiger charge is -2.08. The number of amides is 1. The molecule has 104 valence electrons. The molecule has 1 N–H and O–H groups in total. The largest absolute Gasteiger partial charge is 0.352 e. The van der Waals surface area contributed by atoms with Crippen molar-refractivity contribution in [2.75, 3.05) is 12.3 Å².